The number of ether oxygens (including phenoxy) is 1. The molecule has 2 aromatic rings. The van der Waals surface area contributed by atoms with Gasteiger partial charge in [0.1, 0.15) is 19.5 Å². The SMILES string of the molecule is CO/N=C(/C(=O)OC)c1cccc(C)c1CO/N=C(\C)c1cc(F)cc(C(F)(F)F)c1. The first kappa shape index (κ1) is 23.8. The van der Waals surface area contributed by atoms with Crippen LogP contribution in [0.25, 0.3) is 0 Å². The van der Waals surface area contributed by atoms with Crippen molar-refractivity contribution in [3.8, 4) is 0 Å². The summed E-state index contributed by atoms with van der Waals surface area (Å²) in [6.07, 6.45) is -4.70. The fraction of sp³-hybridized carbons (Fsp3) is 0.286. The van der Waals surface area contributed by atoms with Crippen LogP contribution < -0.4 is 0 Å². The summed E-state index contributed by atoms with van der Waals surface area (Å²) in [5, 5.41) is 7.50. The van der Waals surface area contributed by atoms with Crippen LogP contribution in [0.4, 0.5) is 17.6 Å². The zero-order valence-electron chi connectivity index (χ0n) is 17.2. The highest BCUT2D eigenvalue weighted by Crippen LogP contribution is 2.30. The van der Waals surface area contributed by atoms with Gasteiger partial charge in [-0.3, -0.25) is 0 Å². The van der Waals surface area contributed by atoms with Gasteiger partial charge in [-0.2, -0.15) is 13.2 Å². The first-order chi connectivity index (χ1) is 14.6. The topological polar surface area (TPSA) is 69.5 Å². The van der Waals surface area contributed by atoms with Crippen molar-refractivity contribution in [2.75, 3.05) is 14.2 Å². The Labute approximate surface area is 176 Å². The normalized spacial score (nSPS) is 12.5. The lowest BCUT2D eigenvalue weighted by atomic mass is 9.99. The molecule has 31 heavy (non-hydrogen) atoms. The monoisotopic (exact) mass is 440 g/mol. The van der Waals surface area contributed by atoms with Gasteiger partial charge >= 0.3 is 12.1 Å². The molecular formula is C21H20F4N2O4. The van der Waals surface area contributed by atoms with E-state index in [0.717, 1.165) is 17.7 Å². The summed E-state index contributed by atoms with van der Waals surface area (Å²) in [7, 11) is 2.47. The molecule has 6 nitrogen and oxygen atoms in total. The summed E-state index contributed by atoms with van der Waals surface area (Å²) < 4.78 is 57.1. The standard InChI is InChI=1S/C21H20F4N2O4/c1-12-6-5-7-17(19(27-30-4)20(28)29-3)18(12)11-31-26-13(2)14-8-15(21(23,24)25)10-16(22)9-14/h5-10H,11H2,1-4H3/b26-13+,27-19+. The molecular weight excluding hydrogens is 420 g/mol. The number of benzene rings is 2. The largest absolute Gasteiger partial charge is 0.464 e. The van der Waals surface area contributed by atoms with Crippen molar-refractivity contribution < 1.29 is 36.8 Å². The smallest absolute Gasteiger partial charge is 0.416 e. The molecule has 10 heteroatoms. The Balaban J connectivity index is 2.32. The molecule has 166 valence electrons. The van der Waals surface area contributed by atoms with Crippen molar-refractivity contribution in [2.45, 2.75) is 26.6 Å². The zero-order valence-corrected chi connectivity index (χ0v) is 17.2. The molecule has 0 saturated heterocycles. The Morgan fingerprint density at radius 3 is 2.42 bits per heavy atom. The molecule has 0 aliphatic heterocycles. The van der Waals surface area contributed by atoms with Gasteiger partial charge in [-0.1, -0.05) is 28.5 Å². The molecule has 0 aliphatic rings. The second-order valence-corrected chi connectivity index (χ2v) is 6.39. The average molecular weight is 440 g/mol. The third-order valence-electron chi connectivity index (χ3n) is 4.28. The molecule has 0 spiro atoms. The minimum atomic E-state index is -4.70. The van der Waals surface area contributed by atoms with E-state index in [9.17, 15) is 22.4 Å². The number of aryl methyl sites for hydroxylation is 1. The number of nitrogens with zero attached hydrogens (tertiary/aromatic N) is 2. The summed E-state index contributed by atoms with van der Waals surface area (Å²) in [6.45, 7) is 3.02. The summed E-state index contributed by atoms with van der Waals surface area (Å²) in [5.41, 5.74) is 0.405. The van der Waals surface area contributed by atoms with Crippen LogP contribution in [0.5, 0.6) is 0 Å². The number of rotatable bonds is 7. The molecule has 0 fully saturated rings. The Hall–Kier alpha value is -3.43. The average Bonchev–Trinajstić information content (AvgIpc) is 2.71. The van der Waals surface area contributed by atoms with Crippen LogP contribution in [-0.4, -0.2) is 31.6 Å². The number of hydrogen-bond donors (Lipinski definition) is 0. The fourth-order valence-electron chi connectivity index (χ4n) is 2.71. The molecule has 0 saturated carbocycles. The number of esters is 1. The third kappa shape index (κ3) is 6.03. The minimum Gasteiger partial charge on any atom is -0.464 e. The molecule has 0 unspecified atom stereocenters. The number of methoxy groups -OCH3 is 1. The van der Waals surface area contributed by atoms with Crippen molar-refractivity contribution in [3.63, 3.8) is 0 Å². The maximum atomic E-state index is 13.6. The molecule has 0 bridgehead atoms. The van der Waals surface area contributed by atoms with Gasteiger partial charge in [-0.15, -0.1) is 0 Å². The van der Waals surface area contributed by atoms with Crippen molar-refractivity contribution >= 4 is 17.4 Å². The van der Waals surface area contributed by atoms with E-state index < -0.39 is 23.5 Å². The molecule has 2 rings (SSSR count). The van der Waals surface area contributed by atoms with Crippen LogP contribution in [-0.2, 0) is 32.0 Å². The van der Waals surface area contributed by atoms with Crippen LogP contribution in [0, 0.1) is 12.7 Å². The molecule has 0 amide bonds. The molecule has 2 aromatic carbocycles. The molecule has 0 heterocycles. The number of alkyl halides is 3. The highest BCUT2D eigenvalue weighted by molar-refractivity contribution is 6.43. The summed E-state index contributed by atoms with van der Waals surface area (Å²) in [6, 6.07) is 7.19. The maximum absolute atomic E-state index is 13.6. The van der Waals surface area contributed by atoms with Crippen LogP contribution in [0.1, 0.15) is 34.7 Å². The lowest BCUT2D eigenvalue weighted by Gasteiger charge is -2.13. The van der Waals surface area contributed by atoms with E-state index in [2.05, 4.69) is 10.3 Å². The van der Waals surface area contributed by atoms with E-state index in [0.29, 0.717) is 17.2 Å². The van der Waals surface area contributed by atoms with E-state index >= 15 is 0 Å². The van der Waals surface area contributed by atoms with Crippen molar-refractivity contribution in [3.05, 3.63) is 70.0 Å². The van der Waals surface area contributed by atoms with Crippen LogP contribution >= 0.6 is 0 Å². The first-order valence-electron chi connectivity index (χ1n) is 8.91. The van der Waals surface area contributed by atoms with Crippen LogP contribution in [0.2, 0.25) is 0 Å². The van der Waals surface area contributed by atoms with E-state index in [4.69, 9.17) is 14.4 Å². The van der Waals surface area contributed by atoms with Gasteiger partial charge in [0.2, 0.25) is 0 Å². The van der Waals surface area contributed by atoms with Gasteiger partial charge < -0.3 is 14.4 Å². The van der Waals surface area contributed by atoms with E-state index in [1.807, 2.05) is 0 Å². The predicted molar refractivity (Wildman–Crippen MR) is 105 cm³/mol. The lowest BCUT2D eigenvalue weighted by molar-refractivity contribution is -0.137. The summed E-state index contributed by atoms with van der Waals surface area (Å²) >= 11 is 0. The Morgan fingerprint density at radius 1 is 1.10 bits per heavy atom. The van der Waals surface area contributed by atoms with Crippen molar-refractivity contribution in [2.24, 2.45) is 10.3 Å². The zero-order chi connectivity index (χ0) is 23.2. The third-order valence-corrected chi connectivity index (χ3v) is 4.28. The second-order valence-electron chi connectivity index (χ2n) is 6.39. The quantitative estimate of drug-likeness (QED) is 0.273. The van der Waals surface area contributed by atoms with Gasteiger partial charge in [0.25, 0.3) is 0 Å². The summed E-state index contributed by atoms with van der Waals surface area (Å²) in [4.78, 5) is 22.1. The lowest BCUT2D eigenvalue weighted by Crippen LogP contribution is -2.20. The molecule has 0 aromatic heterocycles. The van der Waals surface area contributed by atoms with Crippen LogP contribution in [0.3, 0.4) is 0 Å². The number of hydrogen-bond acceptors (Lipinski definition) is 6. The van der Waals surface area contributed by atoms with Crippen molar-refractivity contribution in [1.29, 1.82) is 0 Å². The van der Waals surface area contributed by atoms with Crippen molar-refractivity contribution in [1.82, 2.24) is 0 Å². The van der Waals surface area contributed by atoms with Crippen LogP contribution in [0.15, 0.2) is 46.7 Å². The number of carbonyl (C=O) groups is 1. The van der Waals surface area contributed by atoms with Gasteiger partial charge in [0, 0.05) is 16.7 Å². The first-order valence-corrected chi connectivity index (χ1v) is 8.91. The molecule has 0 radical (unpaired) electrons. The van der Waals surface area contributed by atoms with Gasteiger partial charge in [0.05, 0.1) is 18.4 Å². The number of oxime groups is 2. The minimum absolute atomic E-state index is 0.0406. The van der Waals surface area contributed by atoms with E-state index in [1.54, 1.807) is 25.1 Å². The Morgan fingerprint density at radius 2 is 1.81 bits per heavy atom. The highest BCUT2D eigenvalue weighted by atomic mass is 19.4. The summed E-state index contributed by atoms with van der Waals surface area (Å²) in [5.74, 6) is -1.77. The molecule has 0 atom stereocenters. The highest BCUT2D eigenvalue weighted by Gasteiger charge is 2.31. The Kier molecular flexibility index (Phi) is 7.73. The number of halogens is 4. The van der Waals surface area contributed by atoms with E-state index in [1.165, 1.54) is 21.1 Å². The van der Waals surface area contributed by atoms with Gasteiger partial charge in [-0.05, 0) is 37.6 Å². The maximum Gasteiger partial charge on any atom is 0.416 e. The molecule has 0 N–H and O–H groups in total. The van der Waals surface area contributed by atoms with E-state index in [-0.39, 0.29) is 23.6 Å². The Bertz CT molecular complexity index is 1020. The fourth-order valence-corrected chi connectivity index (χ4v) is 2.71. The number of carbonyl (C=O) groups excluding carboxylic acids is 1. The molecule has 0 aliphatic carbocycles. The van der Waals surface area contributed by atoms with Gasteiger partial charge in [0.15, 0.2) is 5.71 Å². The predicted octanol–water partition coefficient (Wildman–Crippen LogP) is 4.62. The second kappa shape index (κ2) is 10.1. The van der Waals surface area contributed by atoms with Gasteiger partial charge in [-0.25, -0.2) is 9.18 Å².